The molecule has 7 heteroatoms. The molecule has 0 atom stereocenters. The molecule has 132 valence electrons. The quantitative estimate of drug-likeness (QED) is 0.776. The number of anilines is 2. The van der Waals surface area contributed by atoms with Crippen LogP contribution in [0.5, 0.6) is 0 Å². The van der Waals surface area contributed by atoms with Crippen molar-refractivity contribution < 1.29 is 9.18 Å². The Morgan fingerprint density at radius 1 is 1.12 bits per heavy atom. The van der Waals surface area contributed by atoms with Gasteiger partial charge in [-0.2, -0.15) is 0 Å². The summed E-state index contributed by atoms with van der Waals surface area (Å²) in [5, 5.41) is 6.01. The molecule has 0 radical (unpaired) electrons. The van der Waals surface area contributed by atoms with Crippen molar-refractivity contribution in [1.82, 2.24) is 9.97 Å². The van der Waals surface area contributed by atoms with E-state index in [-0.39, 0.29) is 10.7 Å². The molecule has 1 aliphatic rings. The molecule has 3 rings (SSSR count). The van der Waals surface area contributed by atoms with Crippen molar-refractivity contribution in [3.8, 4) is 0 Å². The molecule has 1 heterocycles. The van der Waals surface area contributed by atoms with Gasteiger partial charge in [-0.3, -0.25) is 4.79 Å². The molecule has 5 nitrogen and oxygen atoms in total. The van der Waals surface area contributed by atoms with Gasteiger partial charge in [0.15, 0.2) is 0 Å². The number of nitrogens with zero attached hydrogens (tertiary/aromatic N) is 2. The fourth-order valence-electron chi connectivity index (χ4n) is 2.96. The summed E-state index contributed by atoms with van der Waals surface area (Å²) < 4.78 is 13.2. The first-order valence-corrected chi connectivity index (χ1v) is 8.84. The monoisotopic (exact) mass is 362 g/mol. The number of carbonyl (C=O) groups is 1. The first-order chi connectivity index (χ1) is 12.1. The average Bonchev–Trinajstić information content (AvgIpc) is 2.87. The molecule has 2 N–H and O–H groups in total. The van der Waals surface area contributed by atoms with Crippen LogP contribution in [0.1, 0.15) is 49.0 Å². The summed E-state index contributed by atoms with van der Waals surface area (Å²) in [6.45, 7) is 0. The van der Waals surface area contributed by atoms with E-state index >= 15 is 0 Å². The van der Waals surface area contributed by atoms with E-state index < -0.39 is 11.7 Å². The van der Waals surface area contributed by atoms with Crippen molar-refractivity contribution in [1.29, 1.82) is 0 Å². The predicted octanol–water partition coefficient (Wildman–Crippen LogP) is 4.66. The number of aromatic nitrogens is 2. The van der Waals surface area contributed by atoms with E-state index in [0.717, 1.165) is 12.8 Å². The van der Waals surface area contributed by atoms with Crippen LogP contribution in [0, 0.1) is 5.82 Å². The summed E-state index contributed by atoms with van der Waals surface area (Å²) in [5.74, 6) is -0.283. The normalized spacial score (nSPS) is 15.4. The minimum absolute atomic E-state index is 0.0452. The molecule has 25 heavy (non-hydrogen) atoms. The molecule has 1 amide bonds. The zero-order valence-corrected chi connectivity index (χ0v) is 14.5. The van der Waals surface area contributed by atoms with E-state index in [2.05, 4.69) is 20.6 Å². The Kier molecular flexibility index (Phi) is 5.81. The fourth-order valence-corrected chi connectivity index (χ4v) is 3.14. The summed E-state index contributed by atoms with van der Waals surface area (Å²) in [5.41, 5.74) is 0.653. The lowest BCUT2D eigenvalue weighted by Gasteiger charge is -2.17. The summed E-state index contributed by atoms with van der Waals surface area (Å²) >= 11 is 5.73. The molecule has 0 aliphatic heterocycles. The maximum Gasteiger partial charge on any atom is 0.274 e. The van der Waals surface area contributed by atoms with Crippen molar-refractivity contribution in [3.05, 3.63) is 47.1 Å². The van der Waals surface area contributed by atoms with Gasteiger partial charge in [0.1, 0.15) is 23.7 Å². The van der Waals surface area contributed by atoms with Crippen LogP contribution >= 0.6 is 11.6 Å². The fraction of sp³-hybridized carbons (Fsp3) is 0.389. The summed E-state index contributed by atoms with van der Waals surface area (Å²) in [4.78, 5) is 20.6. The second-order valence-corrected chi connectivity index (χ2v) is 6.61. The minimum atomic E-state index is -0.531. The van der Waals surface area contributed by atoms with Gasteiger partial charge in [0.2, 0.25) is 0 Å². The highest BCUT2D eigenvalue weighted by atomic mass is 35.5. The lowest BCUT2D eigenvalue weighted by Crippen LogP contribution is -2.20. The predicted molar refractivity (Wildman–Crippen MR) is 96.5 cm³/mol. The summed E-state index contributed by atoms with van der Waals surface area (Å²) in [6, 6.07) is 6.03. The molecule has 1 saturated carbocycles. The van der Waals surface area contributed by atoms with Crippen molar-refractivity contribution in [3.63, 3.8) is 0 Å². The van der Waals surface area contributed by atoms with Crippen molar-refractivity contribution >= 4 is 29.0 Å². The molecular formula is C18H20ClFN4O. The van der Waals surface area contributed by atoms with Gasteiger partial charge in [0, 0.05) is 17.8 Å². The van der Waals surface area contributed by atoms with Crippen LogP contribution in [0.3, 0.4) is 0 Å². The van der Waals surface area contributed by atoms with Crippen LogP contribution in [0.15, 0.2) is 30.6 Å². The molecule has 1 aromatic carbocycles. The number of rotatable bonds is 4. The first-order valence-electron chi connectivity index (χ1n) is 8.47. The molecule has 0 bridgehead atoms. The van der Waals surface area contributed by atoms with Crippen LogP contribution in [0.4, 0.5) is 15.9 Å². The van der Waals surface area contributed by atoms with E-state index in [9.17, 15) is 9.18 Å². The highest BCUT2D eigenvalue weighted by Gasteiger charge is 2.15. The maximum absolute atomic E-state index is 13.2. The third kappa shape index (κ3) is 4.89. The SMILES string of the molecule is O=C(Nc1ccc(F)c(Cl)c1)c1cc(NC2CCCCCC2)ncn1. The Bertz CT molecular complexity index is 748. The van der Waals surface area contributed by atoms with Gasteiger partial charge >= 0.3 is 0 Å². The molecule has 0 spiro atoms. The summed E-state index contributed by atoms with van der Waals surface area (Å²) in [6.07, 6.45) is 8.55. The minimum Gasteiger partial charge on any atom is -0.367 e. The highest BCUT2D eigenvalue weighted by molar-refractivity contribution is 6.31. The molecule has 1 fully saturated rings. The van der Waals surface area contributed by atoms with Crippen LogP contribution in [0.2, 0.25) is 5.02 Å². The Labute approximate surface area is 151 Å². The van der Waals surface area contributed by atoms with Gasteiger partial charge in [-0.15, -0.1) is 0 Å². The molecule has 1 aromatic heterocycles. The molecule has 0 unspecified atom stereocenters. The number of carbonyl (C=O) groups excluding carboxylic acids is 1. The zero-order chi connectivity index (χ0) is 17.6. The number of nitrogens with one attached hydrogen (secondary N) is 2. The lowest BCUT2D eigenvalue weighted by atomic mass is 10.1. The Hall–Kier alpha value is -2.21. The van der Waals surface area contributed by atoms with E-state index in [1.165, 1.54) is 50.2 Å². The summed E-state index contributed by atoms with van der Waals surface area (Å²) in [7, 11) is 0. The van der Waals surface area contributed by atoms with E-state index in [1.807, 2.05) is 0 Å². The van der Waals surface area contributed by atoms with Crippen LogP contribution in [-0.2, 0) is 0 Å². The van der Waals surface area contributed by atoms with Gasteiger partial charge in [-0.05, 0) is 31.0 Å². The standard InChI is InChI=1S/C18H20ClFN4O/c19-14-9-13(7-8-15(14)20)24-18(25)16-10-17(22-11-21-16)23-12-5-3-1-2-4-6-12/h7-12H,1-6H2,(H,24,25)(H,21,22,23). The Morgan fingerprint density at radius 2 is 1.88 bits per heavy atom. The first kappa shape index (κ1) is 17.6. The van der Waals surface area contributed by atoms with Gasteiger partial charge < -0.3 is 10.6 Å². The maximum atomic E-state index is 13.2. The molecular weight excluding hydrogens is 343 g/mol. The van der Waals surface area contributed by atoms with Gasteiger partial charge in [-0.1, -0.05) is 37.3 Å². The average molecular weight is 363 g/mol. The van der Waals surface area contributed by atoms with E-state index in [4.69, 9.17) is 11.6 Å². The zero-order valence-electron chi connectivity index (χ0n) is 13.8. The second kappa shape index (κ2) is 8.25. The number of halogens is 2. The van der Waals surface area contributed by atoms with E-state index in [1.54, 1.807) is 6.07 Å². The number of hydrogen-bond donors (Lipinski definition) is 2. The lowest BCUT2D eigenvalue weighted by molar-refractivity contribution is 0.102. The third-order valence-corrected chi connectivity index (χ3v) is 4.57. The van der Waals surface area contributed by atoms with Gasteiger partial charge in [0.25, 0.3) is 5.91 Å². The Balaban J connectivity index is 1.67. The third-order valence-electron chi connectivity index (χ3n) is 4.28. The van der Waals surface area contributed by atoms with Crippen molar-refractivity contribution in [2.75, 3.05) is 10.6 Å². The van der Waals surface area contributed by atoms with Crippen LogP contribution in [0.25, 0.3) is 0 Å². The number of benzene rings is 1. The largest absolute Gasteiger partial charge is 0.367 e. The highest BCUT2D eigenvalue weighted by Crippen LogP contribution is 2.21. The second-order valence-electron chi connectivity index (χ2n) is 6.20. The Morgan fingerprint density at radius 3 is 2.60 bits per heavy atom. The van der Waals surface area contributed by atoms with Crippen LogP contribution in [-0.4, -0.2) is 21.9 Å². The molecule has 0 saturated heterocycles. The van der Waals surface area contributed by atoms with Crippen molar-refractivity contribution in [2.24, 2.45) is 0 Å². The number of amides is 1. The van der Waals surface area contributed by atoms with Gasteiger partial charge in [0.05, 0.1) is 5.02 Å². The molecule has 1 aliphatic carbocycles. The molecule has 2 aromatic rings. The topological polar surface area (TPSA) is 66.9 Å². The van der Waals surface area contributed by atoms with Gasteiger partial charge in [-0.25, -0.2) is 14.4 Å². The smallest absolute Gasteiger partial charge is 0.274 e. The van der Waals surface area contributed by atoms with E-state index in [0.29, 0.717) is 17.5 Å². The number of hydrogen-bond acceptors (Lipinski definition) is 4. The van der Waals surface area contributed by atoms with Crippen LogP contribution < -0.4 is 10.6 Å². The van der Waals surface area contributed by atoms with Crippen molar-refractivity contribution in [2.45, 2.75) is 44.6 Å².